The Labute approximate surface area is 111 Å². The lowest BCUT2D eigenvalue weighted by Gasteiger charge is -2.09. The molecule has 0 bridgehead atoms. The van der Waals surface area contributed by atoms with Crippen molar-refractivity contribution in [2.24, 2.45) is 5.92 Å². The molecule has 0 atom stereocenters. The first kappa shape index (κ1) is 14.5. The van der Waals surface area contributed by atoms with Gasteiger partial charge in [-0.1, -0.05) is 13.8 Å². The summed E-state index contributed by atoms with van der Waals surface area (Å²) in [6.07, 6.45) is 2.87. The second-order valence-electron chi connectivity index (χ2n) is 4.63. The van der Waals surface area contributed by atoms with Crippen LogP contribution >= 0.6 is 15.9 Å². The largest absolute Gasteiger partial charge is 0.380 e. The number of hydrogen-bond acceptors (Lipinski definition) is 2. The second kappa shape index (κ2) is 6.97. The molecular weight excluding hydrogens is 282 g/mol. The van der Waals surface area contributed by atoms with Gasteiger partial charge in [0.2, 0.25) is 0 Å². The van der Waals surface area contributed by atoms with Crippen molar-refractivity contribution in [3.63, 3.8) is 0 Å². The molecule has 0 fully saturated rings. The van der Waals surface area contributed by atoms with E-state index in [1.54, 1.807) is 10.8 Å². The zero-order valence-corrected chi connectivity index (χ0v) is 12.3. The molecule has 0 saturated carbocycles. The summed E-state index contributed by atoms with van der Waals surface area (Å²) in [4.78, 5) is 11.8. The van der Waals surface area contributed by atoms with Gasteiger partial charge in [0.1, 0.15) is 0 Å². The molecule has 0 spiro atoms. The quantitative estimate of drug-likeness (QED) is 0.757. The maximum atomic E-state index is 11.8. The third-order valence-electron chi connectivity index (χ3n) is 2.55. The molecule has 0 saturated heterocycles. The third kappa shape index (κ3) is 5.04. The summed E-state index contributed by atoms with van der Waals surface area (Å²) in [5, 5.41) is 0. The predicted molar refractivity (Wildman–Crippen MR) is 73.4 cm³/mol. The van der Waals surface area contributed by atoms with E-state index in [4.69, 9.17) is 4.74 Å². The number of aryl methyl sites for hydroxylation is 1. The van der Waals surface area contributed by atoms with Crippen molar-refractivity contribution in [1.82, 2.24) is 4.57 Å². The Morgan fingerprint density at radius 2 is 2.12 bits per heavy atom. The summed E-state index contributed by atoms with van der Waals surface area (Å²) in [5.74, 6) is 0.658. The minimum Gasteiger partial charge on any atom is -0.380 e. The normalized spacial score (nSPS) is 11.1. The molecular formula is C13H20BrNO2. The van der Waals surface area contributed by atoms with Crippen molar-refractivity contribution >= 4 is 15.9 Å². The van der Waals surface area contributed by atoms with Crippen LogP contribution in [-0.2, 0) is 11.3 Å². The van der Waals surface area contributed by atoms with E-state index in [1.807, 2.05) is 13.0 Å². The van der Waals surface area contributed by atoms with Gasteiger partial charge in [-0.15, -0.1) is 0 Å². The van der Waals surface area contributed by atoms with Gasteiger partial charge < -0.3 is 9.30 Å². The molecule has 0 N–H and O–H groups in total. The summed E-state index contributed by atoms with van der Waals surface area (Å²) in [7, 11) is 0. The minimum absolute atomic E-state index is 0.0562. The molecule has 3 nitrogen and oxygen atoms in total. The van der Waals surface area contributed by atoms with E-state index < -0.39 is 0 Å². The Morgan fingerprint density at radius 3 is 2.76 bits per heavy atom. The standard InChI is InChI=1S/C13H20BrNO2/c1-10(2)4-6-17-7-5-15-9-12(14)8-11(3)13(15)16/h8-10H,4-7H2,1-3H3. The van der Waals surface area contributed by atoms with Crippen molar-refractivity contribution in [3.8, 4) is 0 Å². The fraction of sp³-hybridized carbons (Fsp3) is 0.615. The maximum Gasteiger partial charge on any atom is 0.253 e. The van der Waals surface area contributed by atoms with E-state index in [-0.39, 0.29) is 5.56 Å². The molecule has 96 valence electrons. The lowest BCUT2D eigenvalue weighted by atomic mass is 10.1. The zero-order valence-electron chi connectivity index (χ0n) is 10.7. The van der Waals surface area contributed by atoms with Gasteiger partial charge in [0.05, 0.1) is 6.61 Å². The van der Waals surface area contributed by atoms with Crippen molar-refractivity contribution in [2.45, 2.75) is 33.7 Å². The topological polar surface area (TPSA) is 31.2 Å². The van der Waals surface area contributed by atoms with E-state index in [2.05, 4.69) is 29.8 Å². The molecule has 0 unspecified atom stereocenters. The van der Waals surface area contributed by atoms with Gasteiger partial charge in [-0.05, 0) is 41.3 Å². The fourth-order valence-electron chi connectivity index (χ4n) is 1.49. The van der Waals surface area contributed by atoms with Crippen LogP contribution < -0.4 is 5.56 Å². The van der Waals surface area contributed by atoms with Crippen molar-refractivity contribution in [2.75, 3.05) is 13.2 Å². The first-order chi connectivity index (χ1) is 8.00. The summed E-state index contributed by atoms with van der Waals surface area (Å²) in [6, 6.07) is 1.83. The first-order valence-electron chi connectivity index (χ1n) is 5.95. The fourth-order valence-corrected chi connectivity index (χ4v) is 2.08. The molecule has 0 aliphatic carbocycles. The maximum absolute atomic E-state index is 11.8. The van der Waals surface area contributed by atoms with Crippen molar-refractivity contribution in [1.29, 1.82) is 0 Å². The highest BCUT2D eigenvalue weighted by molar-refractivity contribution is 9.10. The Kier molecular flexibility index (Phi) is 5.92. The number of halogens is 1. The Balaban J connectivity index is 2.44. The molecule has 0 amide bonds. The SMILES string of the molecule is Cc1cc(Br)cn(CCOCCC(C)C)c1=O. The van der Waals surface area contributed by atoms with Crippen LogP contribution in [0.4, 0.5) is 0 Å². The highest BCUT2D eigenvalue weighted by Crippen LogP contribution is 2.08. The van der Waals surface area contributed by atoms with Crippen molar-refractivity contribution < 1.29 is 4.74 Å². The smallest absolute Gasteiger partial charge is 0.253 e. The van der Waals surface area contributed by atoms with Crippen LogP contribution in [0, 0.1) is 12.8 Å². The average molecular weight is 302 g/mol. The van der Waals surface area contributed by atoms with Crippen LogP contribution in [0.5, 0.6) is 0 Å². The lowest BCUT2D eigenvalue weighted by Crippen LogP contribution is -2.23. The summed E-state index contributed by atoms with van der Waals surface area (Å²) >= 11 is 3.39. The predicted octanol–water partition coefficient (Wildman–Crippen LogP) is 2.98. The van der Waals surface area contributed by atoms with E-state index in [9.17, 15) is 4.79 Å². The van der Waals surface area contributed by atoms with Gasteiger partial charge in [-0.25, -0.2) is 0 Å². The molecule has 1 heterocycles. The van der Waals surface area contributed by atoms with Crippen LogP contribution in [-0.4, -0.2) is 17.8 Å². The second-order valence-corrected chi connectivity index (χ2v) is 5.55. The van der Waals surface area contributed by atoms with Crippen LogP contribution in [0.15, 0.2) is 21.5 Å². The van der Waals surface area contributed by atoms with Gasteiger partial charge in [-0.2, -0.15) is 0 Å². The van der Waals surface area contributed by atoms with E-state index in [0.717, 1.165) is 23.1 Å². The molecule has 0 aromatic carbocycles. The van der Waals surface area contributed by atoms with Gasteiger partial charge in [0, 0.05) is 29.4 Å². The minimum atomic E-state index is 0.0562. The molecule has 0 radical (unpaired) electrons. The van der Waals surface area contributed by atoms with Crippen LogP contribution in [0.25, 0.3) is 0 Å². The summed E-state index contributed by atoms with van der Waals surface area (Å²) in [6.45, 7) is 8.12. The summed E-state index contributed by atoms with van der Waals surface area (Å²) in [5.41, 5.74) is 0.808. The highest BCUT2D eigenvalue weighted by Gasteiger charge is 2.01. The van der Waals surface area contributed by atoms with Gasteiger partial charge in [-0.3, -0.25) is 4.79 Å². The van der Waals surface area contributed by atoms with Gasteiger partial charge >= 0.3 is 0 Å². The third-order valence-corrected chi connectivity index (χ3v) is 2.98. The molecule has 0 aliphatic rings. The molecule has 1 aromatic rings. The van der Waals surface area contributed by atoms with Gasteiger partial charge in [0.25, 0.3) is 5.56 Å². The zero-order chi connectivity index (χ0) is 12.8. The van der Waals surface area contributed by atoms with Crippen LogP contribution in [0.1, 0.15) is 25.8 Å². The summed E-state index contributed by atoms with van der Waals surface area (Å²) < 4.78 is 8.12. The Hall–Kier alpha value is -0.610. The van der Waals surface area contributed by atoms with E-state index in [0.29, 0.717) is 19.1 Å². The lowest BCUT2D eigenvalue weighted by molar-refractivity contribution is 0.115. The monoisotopic (exact) mass is 301 g/mol. The number of pyridine rings is 1. The number of hydrogen-bond donors (Lipinski definition) is 0. The first-order valence-corrected chi connectivity index (χ1v) is 6.74. The highest BCUT2D eigenvalue weighted by atomic mass is 79.9. The van der Waals surface area contributed by atoms with Crippen LogP contribution in [0.2, 0.25) is 0 Å². The number of nitrogens with zero attached hydrogens (tertiary/aromatic N) is 1. The van der Waals surface area contributed by atoms with Crippen molar-refractivity contribution in [3.05, 3.63) is 32.7 Å². The number of aromatic nitrogens is 1. The molecule has 4 heteroatoms. The number of rotatable bonds is 6. The molecule has 1 rings (SSSR count). The Morgan fingerprint density at radius 1 is 1.41 bits per heavy atom. The average Bonchev–Trinajstić information content (AvgIpc) is 2.23. The molecule has 0 aliphatic heterocycles. The van der Waals surface area contributed by atoms with E-state index in [1.165, 1.54) is 0 Å². The molecule has 1 aromatic heterocycles. The molecule has 17 heavy (non-hydrogen) atoms. The Bertz CT molecular complexity index is 412. The van der Waals surface area contributed by atoms with Gasteiger partial charge in [0.15, 0.2) is 0 Å². The number of ether oxygens (including phenoxy) is 1. The van der Waals surface area contributed by atoms with Crippen LogP contribution in [0.3, 0.4) is 0 Å². The van der Waals surface area contributed by atoms with E-state index >= 15 is 0 Å².